The zero-order valence-corrected chi connectivity index (χ0v) is 9.76. The molecule has 2 N–H and O–H groups in total. The number of methoxy groups -OCH3 is 1. The van der Waals surface area contributed by atoms with Crippen molar-refractivity contribution < 1.29 is 4.74 Å². The third kappa shape index (κ3) is 3.37. The Bertz CT molecular complexity index is 415. The molecule has 0 radical (unpaired) electrons. The second-order valence-electron chi connectivity index (χ2n) is 3.73. The maximum absolute atomic E-state index is 5.22. The van der Waals surface area contributed by atoms with Crippen LogP contribution in [-0.2, 0) is 11.3 Å². The van der Waals surface area contributed by atoms with Gasteiger partial charge in [-0.05, 0) is 5.56 Å². The van der Waals surface area contributed by atoms with Crippen LogP contribution in [0.3, 0.4) is 0 Å². The molecule has 5 heteroatoms. The first-order valence-corrected chi connectivity index (χ1v) is 5.51. The molecule has 0 saturated heterocycles. The van der Waals surface area contributed by atoms with Gasteiger partial charge in [0.1, 0.15) is 12.2 Å². The Kier molecular flexibility index (Phi) is 4.23. The van der Waals surface area contributed by atoms with Crippen LogP contribution < -0.4 is 5.32 Å². The lowest BCUT2D eigenvalue weighted by Crippen LogP contribution is -2.25. The lowest BCUT2D eigenvalue weighted by molar-refractivity contribution is 0.166. The third-order valence-electron chi connectivity index (χ3n) is 2.52. The van der Waals surface area contributed by atoms with Crippen LogP contribution in [0.25, 0.3) is 0 Å². The highest BCUT2D eigenvalue weighted by Gasteiger charge is 2.10. The van der Waals surface area contributed by atoms with Gasteiger partial charge in [0.2, 0.25) is 0 Å². The monoisotopic (exact) mass is 232 g/mol. The van der Waals surface area contributed by atoms with Crippen molar-refractivity contribution in [1.82, 2.24) is 20.5 Å². The number of benzene rings is 1. The van der Waals surface area contributed by atoms with Gasteiger partial charge in [0.05, 0.1) is 19.2 Å². The normalized spacial score (nSPS) is 12.5. The molecule has 1 unspecified atom stereocenters. The molecule has 17 heavy (non-hydrogen) atoms. The number of H-pyrrole nitrogens is 1. The SMILES string of the molecule is COCC(NCc1ncn[nH]1)c1ccccc1. The molecule has 0 spiro atoms. The fourth-order valence-corrected chi connectivity index (χ4v) is 1.66. The molecule has 0 aliphatic carbocycles. The highest BCUT2D eigenvalue weighted by Crippen LogP contribution is 2.12. The van der Waals surface area contributed by atoms with Crippen molar-refractivity contribution in [1.29, 1.82) is 0 Å². The first kappa shape index (κ1) is 11.8. The Balaban J connectivity index is 1.98. The second kappa shape index (κ2) is 6.12. The smallest absolute Gasteiger partial charge is 0.138 e. The van der Waals surface area contributed by atoms with E-state index in [1.807, 2.05) is 18.2 Å². The number of nitrogens with one attached hydrogen (secondary N) is 2. The van der Waals surface area contributed by atoms with Crippen molar-refractivity contribution in [3.63, 3.8) is 0 Å². The fraction of sp³-hybridized carbons (Fsp3) is 0.333. The molecule has 2 rings (SSSR count). The largest absolute Gasteiger partial charge is 0.383 e. The Labute approximate surface area is 100 Å². The number of aromatic nitrogens is 3. The van der Waals surface area contributed by atoms with E-state index in [2.05, 4.69) is 32.6 Å². The zero-order chi connectivity index (χ0) is 11.9. The number of aromatic amines is 1. The van der Waals surface area contributed by atoms with Gasteiger partial charge in [-0.1, -0.05) is 30.3 Å². The maximum Gasteiger partial charge on any atom is 0.138 e. The summed E-state index contributed by atoms with van der Waals surface area (Å²) in [6.45, 7) is 1.26. The highest BCUT2D eigenvalue weighted by atomic mass is 16.5. The summed E-state index contributed by atoms with van der Waals surface area (Å²) in [6.07, 6.45) is 1.50. The van der Waals surface area contributed by atoms with E-state index in [1.54, 1.807) is 7.11 Å². The summed E-state index contributed by atoms with van der Waals surface area (Å²) in [4.78, 5) is 4.07. The van der Waals surface area contributed by atoms with Crippen molar-refractivity contribution in [2.45, 2.75) is 12.6 Å². The predicted molar refractivity (Wildman–Crippen MR) is 64.3 cm³/mol. The number of rotatable bonds is 6. The van der Waals surface area contributed by atoms with Crippen LogP contribution in [-0.4, -0.2) is 28.9 Å². The van der Waals surface area contributed by atoms with Gasteiger partial charge in [0, 0.05) is 7.11 Å². The number of hydrogen-bond donors (Lipinski definition) is 2. The molecule has 5 nitrogen and oxygen atoms in total. The minimum absolute atomic E-state index is 0.159. The quantitative estimate of drug-likeness (QED) is 0.787. The molecule has 0 fully saturated rings. The van der Waals surface area contributed by atoms with Gasteiger partial charge < -0.3 is 10.1 Å². The molecule has 0 saturated carbocycles. The summed E-state index contributed by atoms with van der Waals surface area (Å²) < 4.78 is 5.22. The Morgan fingerprint density at radius 1 is 1.35 bits per heavy atom. The van der Waals surface area contributed by atoms with Crippen molar-refractivity contribution in [3.8, 4) is 0 Å². The van der Waals surface area contributed by atoms with E-state index < -0.39 is 0 Å². The summed E-state index contributed by atoms with van der Waals surface area (Å²) in [5.74, 6) is 0.821. The molecule has 1 atom stereocenters. The predicted octanol–water partition coefficient (Wildman–Crippen LogP) is 1.28. The highest BCUT2D eigenvalue weighted by molar-refractivity contribution is 5.19. The van der Waals surface area contributed by atoms with Gasteiger partial charge in [-0.3, -0.25) is 5.10 Å². The first-order chi connectivity index (χ1) is 8.40. The van der Waals surface area contributed by atoms with E-state index in [4.69, 9.17) is 4.74 Å². The van der Waals surface area contributed by atoms with Crippen LogP contribution in [0.4, 0.5) is 0 Å². The van der Waals surface area contributed by atoms with Gasteiger partial charge in [-0.25, -0.2) is 4.98 Å². The Morgan fingerprint density at radius 3 is 2.82 bits per heavy atom. The molecular formula is C12H16N4O. The second-order valence-corrected chi connectivity index (χ2v) is 3.73. The zero-order valence-electron chi connectivity index (χ0n) is 9.76. The summed E-state index contributed by atoms with van der Waals surface area (Å²) in [6, 6.07) is 10.4. The van der Waals surface area contributed by atoms with Crippen LogP contribution in [0.2, 0.25) is 0 Å². The molecule has 1 aromatic heterocycles. The fourth-order valence-electron chi connectivity index (χ4n) is 1.66. The van der Waals surface area contributed by atoms with Crippen molar-refractivity contribution in [3.05, 3.63) is 48.0 Å². The van der Waals surface area contributed by atoms with E-state index >= 15 is 0 Å². The first-order valence-electron chi connectivity index (χ1n) is 5.51. The molecule has 0 amide bonds. The minimum atomic E-state index is 0.159. The van der Waals surface area contributed by atoms with Crippen LogP contribution in [0.5, 0.6) is 0 Å². The molecule has 1 aromatic carbocycles. The standard InChI is InChI=1S/C12H16N4O/c1-17-8-11(10-5-3-2-4-6-10)13-7-12-14-9-15-16-12/h2-6,9,11,13H,7-8H2,1H3,(H,14,15,16). The third-order valence-corrected chi connectivity index (χ3v) is 2.52. The van der Waals surface area contributed by atoms with E-state index in [0.717, 1.165) is 5.82 Å². The number of ether oxygens (including phenoxy) is 1. The van der Waals surface area contributed by atoms with Crippen molar-refractivity contribution in [2.75, 3.05) is 13.7 Å². The van der Waals surface area contributed by atoms with Crippen molar-refractivity contribution >= 4 is 0 Å². The number of nitrogens with zero attached hydrogens (tertiary/aromatic N) is 2. The summed E-state index contributed by atoms with van der Waals surface area (Å²) in [5.41, 5.74) is 1.20. The lowest BCUT2D eigenvalue weighted by atomic mass is 10.1. The van der Waals surface area contributed by atoms with Crippen LogP contribution in [0, 0.1) is 0 Å². The van der Waals surface area contributed by atoms with Crippen LogP contribution >= 0.6 is 0 Å². The average Bonchev–Trinajstić information content (AvgIpc) is 2.88. The van der Waals surface area contributed by atoms with E-state index in [9.17, 15) is 0 Å². The lowest BCUT2D eigenvalue weighted by Gasteiger charge is -2.17. The number of hydrogen-bond acceptors (Lipinski definition) is 4. The van der Waals surface area contributed by atoms with Gasteiger partial charge >= 0.3 is 0 Å². The van der Waals surface area contributed by atoms with E-state index in [0.29, 0.717) is 13.2 Å². The Morgan fingerprint density at radius 2 is 2.18 bits per heavy atom. The van der Waals surface area contributed by atoms with Gasteiger partial charge in [0.15, 0.2) is 0 Å². The molecule has 1 heterocycles. The average molecular weight is 232 g/mol. The maximum atomic E-state index is 5.22. The van der Waals surface area contributed by atoms with Crippen molar-refractivity contribution in [2.24, 2.45) is 0 Å². The molecule has 0 aliphatic rings. The van der Waals surface area contributed by atoms with Gasteiger partial charge in [-0.2, -0.15) is 5.10 Å². The molecule has 0 bridgehead atoms. The van der Waals surface area contributed by atoms with E-state index in [-0.39, 0.29) is 6.04 Å². The van der Waals surface area contributed by atoms with Crippen LogP contribution in [0.15, 0.2) is 36.7 Å². The van der Waals surface area contributed by atoms with E-state index in [1.165, 1.54) is 11.9 Å². The summed E-state index contributed by atoms with van der Waals surface area (Å²) in [5, 5.41) is 10.0. The summed E-state index contributed by atoms with van der Waals surface area (Å²) in [7, 11) is 1.70. The molecule has 0 aliphatic heterocycles. The topological polar surface area (TPSA) is 62.8 Å². The molecule has 90 valence electrons. The summed E-state index contributed by atoms with van der Waals surface area (Å²) >= 11 is 0. The molecule has 2 aromatic rings. The van der Waals surface area contributed by atoms with Gasteiger partial charge in [-0.15, -0.1) is 0 Å². The minimum Gasteiger partial charge on any atom is -0.383 e. The van der Waals surface area contributed by atoms with Gasteiger partial charge in [0.25, 0.3) is 0 Å². The van der Waals surface area contributed by atoms with Crippen LogP contribution in [0.1, 0.15) is 17.4 Å². The Hall–Kier alpha value is -1.72. The molecular weight excluding hydrogens is 216 g/mol.